The summed E-state index contributed by atoms with van der Waals surface area (Å²) in [7, 11) is 3.13. The molecule has 0 spiro atoms. The van der Waals surface area contributed by atoms with Crippen molar-refractivity contribution < 1.29 is 9.47 Å². The summed E-state index contributed by atoms with van der Waals surface area (Å²) in [6, 6.07) is 15.0. The molecule has 9 heteroatoms. The number of aromatic nitrogens is 5. The van der Waals surface area contributed by atoms with E-state index in [4.69, 9.17) is 14.5 Å². The van der Waals surface area contributed by atoms with E-state index in [0.29, 0.717) is 39.6 Å². The predicted octanol–water partition coefficient (Wildman–Crippen LogP) is 4.10. The molecule has 3 heterocycles. The first-order valence-corrected chi connectivity index (χ1v) is 10.1. The van der Waals surface area contributed by atoms with Crippen LogP contribution in [-0.2, 0) is 0 Å². The molecule has 3 aromatic heterocycles. The number of methoxy groups -OCH3 is 2. The molecule has 0 aliphatic heterocycles. The number of aromatic amines is 1. The van der Waals surface area contributed by atoms with Gasteiger partial charge < -0.3 is 14.5 Å². The van der Waals surface area contributed by atoms with E-state index in [1.165, 1.54) is 13.3 Å². The summed E-state index contributed by atoms with van der Waals surface area (Å²) in [6.07, 6.45) is 1.51. The van der Waals surface area contributed by atoms with Crippen molar-refractivity contribution >= 4 is 37.9 Å². The molecule has 154 valence electrons. The van der Waals surface area contributed by atoms with Crippen molar-refractivity contribution in [1.82, 2.24) is 24.7 Å². The molecule has 0 amide bonds. The summed E-state index contributed by atoms with van der Waals surface area (Å²) < 4.78 is 13.4. The van der Waals surface area contributed by atoms with Crippen molar-refractivity contribution in [2.45, 2.75) is 0 Å². The van der Waals surface area contributed by atoms with Gasteiger partial charge in [-0.15, -0.1) is 0 Å². The summed E-state index contributed by atoms with van der Waals surface area (Å²) >= 11 is 3.43. The average Bonchev–Trinajstić information content (AvgIpc) is 3.23. The molecule has 0 saturated heterocycles. The smallest absolute Gasteiger partial charge is 0.262 e. The van der Waals surface area contributed by atoms with E-state index in [2.05, 4.69) is 31.0 Å². The zero-order valence-corrected chi connectivity index (χ0v) is 18.2. The Labute approximate surface area is 184 Å². The number of pyridine rings is 1. The van der Waals surface area contributed by atoms with Crippen LogP contribution in [-0.4, -0.2) is 39.0 Å². The maximum absolute atomic E-state index is 12.8. The third-order valence-corrected chi connectivity index (χ3v) is 5.48. The fourth-order valence-corrected chi connectivity index (χ4v) is 3.66. The van der Waals surface area contributed by atoms with E-state index in [1.54, 1.807) is 11.8 Å². The highest BCUT2D eigenvalue weighted by Crippen LogP contribution is 2.31. The highest BCUT2D eigenvalue weighted by atomic mass is 79.9. The number of halogens is 1. The standard InChI is InChI=1S/C22H16BrN5O3/c1-30-15-8-3-12-9-16(22(31-2)25-18(12)10-15)19-26-20-17(21(29)27-19)11-24-28(20)14-6-4-13(23)5-7-14/h3-11H,1-2H3,(H,26,27,29). The first kappa shape index (κ1) is 19.3. The van der Waals surface area contributed by atoms with E-state index in [-0.39, 0.29) is 5.56 Å². The molecule has 0 bridgehead atoms. The van der Waals surface area contributed by atoms with E-state index in [9.17, 15) is 4.79 Å². The fraction of sp³-hybridized carbons (Fsp3) is 0.0909. The van der Waals surface area contributed by atoms with Crippen LogP contribution >= 0.6 is 15.9 Å². The number of hydrogen-bond donors (Lipinski definition) is 1. The molecule has 0 radical (unpaired) electrons. The number of nitrogens with one attached hydrogen (secondary N) is 1. The first-order chi connectivity index (χ1) is 15.1. The lowest BCUT2D eigenvalue weighted by molar-refractivity contribution is 0.400. The second-order valence-corrected chi connectivity index (χ2v) is 7.70. The summed E-state index contributed by atoms with van der Waals surface area (Å²) in [6.45, 7) is 0. The van der Waals surface area contributed by atoms with Gasteiger partial charge in [-0.25, -0.2) is 14.6 Å². The molecule has 0 atom stereocenters. The van der Waals surface area contributed by atoms with Gasteiger partial charge in [-0.1, -0.05) is 15.9 Å². The van der Waals surface area contributed by atoms with Crippen molar-refractivity contribution in [2.24, 2.45) is 0 Å². The largest absolute Gasteiger partial charge is 0.497 e. The van der Waals surface area contributed by atoms with Gasteiger partial charge in [0.05, 0.1) is 37.2 Å². The van der Waals surface area contributed by atoms with E-state index >= 15 is 0 Å². The SMILES string of the molecule is COc1ccc2cc(-c3nc4c(cnn4-c4ccc(Br)cc4)c(=O)[nH]3)c(OC)nc2c1. The first-order valence-electron chi connectivity index (χ1n) is 9.34. The molecule has 5 rings (SSSR count). The van der Waals surface area contributed by atoms with Crippen molar-refractivity contribution in [3.63, 3.8) is 0 Å². The number of rotatable bonds is 4. The quantitative estimate of drug-likeness (QED) is 0.418. The van der Waals surface area contributed by atoms with Crippen molar-refractivity contribution in [1.29, 1.82) is 0 Å². The zero-order chi connectivity index (χ0) is 21.5. The Morgan fingerprint density at radius 1 is 1.00 bits per heavy atom. The molecule has 0 fully saturated rings. The number of ether oxygens (including phenoxy) is 2. The highest BCUT2D eigenvalue weighted by Gasteiger charge is 2.17. The van der Waals surface area contributed by atoms with Crippen molar-refractivity contribution in [2.75, 3.05) is 14.2 Å². The third-order valence-electron chi connectivity index (χ3n) is 4.95. The fourth-order valence-electron chi connectivity index (χ4n) is 3.40. The molecule has 0 unspecified atom stereocenters. The average molecular weight is 478 g/mol. The molecule has 1 N–H and O–H groups in total. The molecule has 5 aromatic rings. The van der Waals surface area contributed by atoms with Gasteiger partial charge in [-0.3, -0.25) is 4.79 Å². The molecule has 2 aromatic carbocycles. The lowest BCUT2D eigenvalue weighted by Gasteiger charge is -2.10. The summed E-state index contributed by atoms with van der Waals surface area (Å²) in [5.41, 5.74) is 2.22. The number of hydrogen-bond acceptors (Lipinski definition) is 6. The lowest BCUT2D eigenvalue weighted by Crippen LogP contribution is -2.11. The monoisotopic (exact) mass is 477 g/mol. The van der Waals surface area contributed by atoms with Gasteiger partial charge in [0, 0.05) is 15.9 Å². The highest BCUT2D eigenvalue weighted by molar-refractivity contribution is 9.10. The maximum atomic E-state index is 12.8. The van der Waals surface area contributed by atoms with Gasteiger partial charge in [-0.05, 0) is 42.5 Å². The van der Waals surface area contributed by atoms with Crippen LogP contribution in [0.4, 0.5) is 0 Å². The lowest BCUT2D eigenvalue weighted by atomic mass is 10.1. The van der Waals surface area contributed by atoms with Crippen LogP contribution in [0.5, 0.6) is 11.6 Å². The van der Waals surface area contributed by atoms with Gasteiger partial charge in [0.2, 0.25) is 5.88 Å². The van der Waals surface area contributed by atoms with Gasteiger partial charge in [0.1, 0.15) is 17.0 Å². The minimum Gasteiger partial charge on any atom is -0.497 e. The second kappa shape index (κ2) is 7.51. The van der Waals surface area contributed by atoms with Crippen LogP contribution in [0.3, 0.4) is 0 Å². The third kappa shape index (κ3) is 3.32. The summed E-state index contributed by atoms with van der Waals surface area (Å²) in [5, 5.41) is 5.62. The Balaban J connectivity index is 1.73. The normalized spacial score (nSPS) is 11.2. The minimum atomic E-state index is -0.291. The number of benzene rings is 2. The Bertz CT molecular complexity index is 1490. The number of H-pyrrole nitrogens is 1. The van der Waals surface area contributed by atoms with E-state index in [1.807, 2.05) is 48.5 Å². The number of nitrogens with zero attached hydrogens (tertiary/aromatic N) is 4. The van der Waals surface area contributed by atoms with Gasteiger partial charge in [0.15, 0.2) is 5.65 Å². The van der Waals surface area contributed by atoms with E-state index in [0.717, 1.165) is 15.5 Å². The minimum absolute atomic E-state index is 0.291. The number of fused-ring (bicyclic) bond motifs is 2. The maximum Gasteiger partial charge on any atom is 0.262 e. The molecule has 0 aliphatic carbocycles. The van der Waals surface area contributed by atoms with Gasteiger partial charge in [-0.2, -0.15) is 5.10 Å². The van der Waals surface area contributed by atoms with Gasteiger partial charge in [0.25, 0.3) is 5.56 Å². The van der Waals surface area contributed by atoms with Crippen LogP contribution in [0.1, 0.15) is 0 Å². The Hall–Kier alpha value is -3.72. The molecule has 0 aliphatic rings. The van der Waals surface area contributed by atoms with Crippen molar-refractivity contribution in [3.05, 3.63) is 69.6 Å². The zero-order valence-electron chi connectivity index (χ0n) is 16.6. The molecular weight excluding hydrogens is 462 g/mol. The summed E-state index contributed by atoms with van der Waals surface area (Å²) in [5.74, 6) is 1.39. The topological polar surface area (TPSA) is 94.9 Å². The van der Waals surface area contributed by atoms with Crippen LogP contribution in [0.2, 0.25) is 0 Å². The van der Waals surface area contributed by atoms with Crippen LogP contribution in [0, 0.1) is 0 Å². The second-order valence-electron chi connectivity index (χ2n) is 6.79. The van der Waals surface area contributed by atoms with E-state index < -0.39 is 0 Å². The molecular formula is C22H16BrN5O3. The molecule has 8 nitrogen and oxygen atoms in total. The van der Waals surface area contributed by atoms with Crippen LogP contribution in [0.15, 0.2) is 64.0 Å². The van der Waals surface area contributed by atoms with Crippen molar-refractivity contribution in [3.8, 4) is 28.7 Å². The Kier molecular flexibility index (Phi) is 4.67. The predicted molar refractivity (Wildman–Crippen MR) is 121 cm³/mol. The van der Waals surface area contributed by atoms with Crippen LogP contribution in [0.25, 0.3) is 39.0 Å². The summed E-state index contributed by atoms with van der Waals surface area (Å²) in [4.78, 5) is 24.9. The Morgan fingerprint density at radius 3 is 2.55 bits per heavy atom. The molecule has 0 saturated carbocycles. The molecule has 31 heavy (non-hydrogen) atoms. The van der Waals surface area contributed by atoms with Gasteiger partial charge >= 0.3 is 0 Å². The Morgan fingerprint density at radius 2 is 1.81 bits per heavy atom. The van der Waals surface area contributed by atoms with Crippen LogP contribution < -0.4 is 15.0 Å².